The number of carbonyl (C=O) groups excluding carboxylic acids is 1. The number of para-hydroxylation sites is 1. The third-order valence-electron chi connectivity index (χ3n) is 6.32. The number of nitrogens with zero attached hydrogens (tertiary/aromatic N) is 3. The normalized spacial score (nSPS) is 11.1. The molecule has 3 aromatic carbocycles. The summed E-state index contributed by atoms with van der Waals surface area (Å²) in [5.74, 6) is -0.790. The first-order chi connectivity index (χ1) is 18.9. The number of nitrogens with two attached hydrogens (primary N) is 2. The molecular weight excluding hydrogens is 514 g/mol. The van der Waals surface area contributed by atoms with Gasteiger partial charge in [-0.05, 0) is 46.1 Å². The van der Waals surface area contributed by atoms with Gasteiger partial charge in [-0.2, -0.15) is 0 Å². The summed E-state index contributed by atoms with van der Waals surface area (Å²) in [6, 6.07) is 25.6. The minimum Gasteiger partial charge on any atom is -0.539 e. The molecule has 4 N–H and O–H groups in total. The molecule has 0 aliphatic carbocycles. The first-order valence-corrected chi connectivity index (χ1v) is 12.7. The highest BCUT2D eigenvalue weighted by atomic mass is 32.1. The van der Waals surface area contributed by atoms with Crippen LogP contribution in [0.15, 0.2) is 89.5 Å². The van der Waals surface area contributed by atoms with Gasteiger partial charge in [-0.25, -0.2) is 4.98 Å². The van der Waals surface area contributed by atoms with Crippen LogP contribution >= 0.6 is 11.3 Å². The maximum Gasteiger partial charge on any atom is 0.312 e. The van der Waals surface area contributed by atoms with Crippen molar-refractivity contribution < 1.29 is 23.8 Å². The number of hydrogen-bond acceptors (Lipinski definition) is 9. The molecule has 0 radical (unpaired) electrons. The third-order valence-corrected chi connectivity index (χ3v) is 7.42. The maximum absolute atomic E-state index is 13.8. The van der Waals surface area contributed by atoms with Crippen LogP contribution in [0, 0.1) is 0 Å². The lowest BCUT2D eigenvalue weighted by molar-refractivity contribution is -0.672. The molecule has 0 amide bonds. The van der Waals surface area contributed by atoms with Gasteiger partial charge in [0.2, 0.25) is 5.69 Å². The Morgan fingerprint density at radius 1 is 0.974 bits per heavy atom. The highest BCUT2D eigenvalue weighted by Crippen LogP contribution is 2.42. The topological polar surface area (TPSA) is 144 Å². The predicted molar refractivity (Wildman–Crippen MR) is 147 cm³/mol. The van der Waals surface area contributed by atoms with Crippen LogP contribution in [0.3, 0.4) is 0 Å². The number of methoxy groups -OCH3 is 1. The van der Waals surface area contributed by atoms with Crippen molar-refractivity contribution in [3.63, 3.8) is 0 Å². The van der Waals surface area contributed by atoms with E-state index in [1.165, 1.54) is 4.68 Å². The van der Waals surface area contributed by atoms with Crippen molar-refractivity contribution in [2.75, 3.05) is 18.6 Å². The largest absolute Gasteiger partial charge is 0.539 e. The molecule has 0 spiro atoms. The lowest BCUT2D eigenvalue weighted by atomic mass is 9.99. The number of fused-ring (bicyclic) bond motifs is 1. The van der Waals surface area contributed by atoms with Crippen molar-refractivity contribution in [1.82, 2.24) is 10.3 Å². The minimum atomic E-state index is -0.857. The fourth-order valence-corrected chi connectivity index (χ4v) is 5.46. The molecule has 6 aromatic rings. The quantitative estimate of drug-likeness (QED) is 0.182. The van der Waals surface area contributed by atoms with Crippen molar-refractivity contribution in [3.05, 3.63) is 95.5 Å². The highest BCUT2D eigenvalue weighted by molar-refractivity contribution is 7.21. The fourth-order valence-electron chi connectivity index (χ4n) is 4.40. The second-order valence-electron chi connectivity index (χ2n) is 8.72. The van der Waals surface area contributed by atoms with Gasteiger partial charge in [-0.15, -0.1) is 11.3 Å². The Bertz CT molecular complexity index is 1850. The van der Waals surface area contributed by atoms with Gasteiger partial charge in [-0.3, -0.25) is 4.79 Å². The number of rotatable bonds is 6. The number of hydrogen-bond donors (Lipinski definition) is 2. The van der Waals surface area contributed by atoms with Crippen LogP contribution < -0.4 is 26.0 Å². The Kier molecular flexibility index (Phi) is 5.93. The average molecular weight is 536 g/mol. The number of thiophene rings is 1. The molecular formula is C29H21N5O4S. The number of aromatic nitrogens is 3. The van der Waals surface area contributed by atoms with E-state index < -0.39 is 11.7 Å². The van der Waals surface area contributed by atoms with Gasteiger partial charge in [0.1, 0.15) is 15.5 Å². The Morgan fingerprint density at radius 2 is 1.74 bits per heavy atom. The number of carbonyl (C=O) groups is 1. The summed E-state index contributed by atoms with van der Waals surface area (Å²) in [6.07, 6.45) is 0. The molecule has 3 heterocycles. The van der Waals surface area contributed by atoms with Crippen LogP contribution in [0.25, 0.3) is 38.3 Å². The van der Waals surface area contributed by atoms with Gasteiger partial charge in [0.15, 0.2) is 5.95 Å². The molecule has 3 aromatic heterocycles. The van der Waals surface area contributed by atoms with Gasteiger partial charge in [0.25, 0.3) is 5.78 Å². The van der Waals surface area contributed by atoms with Crippen LogP contribution in [0.4, 0.5) is 11.4 Å². The number of nitrogen functional groups attached to an aromatic ring is 2. The molecule has 0 fully saturated rings. The zero-order valence-electron chi connectivity index (χ0n) is 20.6. The summed E-state index contributed by atoms with van der Waals surface area (Å²) in [6.45, 7) is 0. The summed E-state index contributed by atoms with van der Waals surface area (Å²) in [7, 11) is 1.60. The van der Waals surface area contributed by atoms with Gasteiger partial charge in [0.05, 0.1) is 23.8 Å². The third kappa shape index (κ3) is 4.22. The summed E-state index contributed by atoms with van der Waals surface area (Å²) < 4.78 is 11.5. The van der Waals surface area contributed by atoms with E-state index in [9.17, 15) is 9.90 Å². The fraction of sp³-hybridized carbons (Fsp3) is 0.0345. The van der Waals surface area contributed by atoms with Crippen LogP contribution in [0.5, 0.6) is 11.7 Å². The average Bonchev–Trinajstić information content (AvgIpc) is 3.52. The molecule has 0 aliphatic rings. The second kappa shape index (κ2) is 9.58. The first kappa shape index (κ1) is 24.1. The number of anilines is 2. The van der Waals surface area contributed by atoms with Gasteiger partial charge >= 0.3 is 5.69 Å². The number of ether oxygens (including phenoxy) is 1. The summed E-state index contributed by atoms with van der Waals surface area (Å²) in [5.41, 5.74) is 16.8. The monoisotopic (exact) mass is 535 g/mol. The van der Waals surface area contributed by atoms with Crippen molar-refractivity contribution in [2.24, 2.45) is 0 Å². The molecule has 0 saturated carbocycles. The molecule has 0 unspecified atom stereocenters. The van der Waals surface area contributed by atoms with Gasteiger partial charge < -0.3 is 25.8 Å². The SMILES string of the molecule is COc1cccc(-c2cc(-c3ccc(N)cc3)nc3sc(C(=O)c4c([O-])on[n+]4-c4ccccc4)c(N)c23)c1. The van der Waals surface area contributed by atoms with Crippen LogP contribution in [0.1, 0.15) is 15.4 Å². The molecule has 192 valence electrons. The number of benzene rings is 3. The predicted octanol–water partition coefficient (Wildman–Crippen LogP) is 4.37. The summed E-state index contributed by atoms with van der Waals surface area (Å²) in [4.78, 5) is 19.4. The van der Waals surface area contributed by atoms with Crippen molar-refractivity contribution in [1.29, 1.82) is 0 Å². The standard InChI is InChI=1S/C29H21N5O4S/c1-37-20-9-5-6-17(14-20)21-15-22(16-10-12-18(30)13-11-16)32-28-23(21)24(31)27(39-28)26(35)25-29(36)38-33-34(25)19-7-3-2-4-8-19/h2-15H,1H3,(H4-,30,31,32,33,35,36). The number of ketones is 1. The zero-order chi connectivity index (χ0) is 27.1. The van der Waals surface area contributed by atoms with Crippen molar-refractivity contribution >= 4 is 38.7 Å². The van der Waals surface area contributed by atoms with Crippen molar-refractivity contribution in [3.8, 4) is 39.8 Å². The lowest BCUT2D eigenvalue weighted by Crippen LogP contribution is -2.39. The Morgan fingerprint density at radius 3 is 2.49 bits per heavy atom. The van der Waals surface area contributed by atoms with Crippen LogP contribution in [-0.4, -0.2) is 23.1 Å². The summed E-state index contributed by atoms with van der Waals surface area (Å²) >= 11 is 1.11. The molecule has 0 atom stereocenters. The van der Waals surface area contributed by atoms with E-state index in [0.717, 1.165) is 28.0 Å². The minimum absolute atomic E-state index is 0.168. The lowest BCUT2D eigenvalue weighted by Gasteiger charge is -2.10. The zero-order valence-corrected chi connectivity index (χ0v) is 21.4. The second-order valence-corrected chi connectivity index (χ2v) is 9.72. The summed E-state index contributed by atoms with van der Waals surface area (Å²) in [5, 5.41) is 17.0. The van der Waals surface area contributed by atoms with E-state index in [0.29, 0.717) is 33.0 Å². The molecule has 0 aliphatic heterocycles. The molecule has 10 heteroatoms. The van der Waals surface area contributed by atoms with Crippen LogP contribution in [0.2, 0.25) is 0 Å². The molecule has 0 bridgehead atoms. The maximum atomic E-state index is 13.8. The first-order valence-electron chi connectivity index (χ1n) is 11.9. The molecule has 6 rings (SSSR count). The molecule has 9 nitrogen and oxygen atoms in total. The molecule has 0 saturated heterocycles. The van der Waals surface area contributed by atoms with E-state index in [1.807, 2.05) is 48.5 Å². The Balaban J connectivity index is 1.57. The van der Waals surface area contributed by atoms with E-state index in [-0.39, 0.29) is 16.3 Å². The van der Waals surface area contributed by atoms with Crippen molar-refractivity contribution in [2.45, 2.75) is 0 Å². The smallest absolute Gasteiger partial charge is 0.312 e. The van der Waals surface area contributed by atoms with Gasteiger partial charge in [0, 0.05) is 28.8 Å². The highest BCUT2D eigenvalue weighted by Gasteiger charge is 2.32. The number of pyridine rings is 1. The Hall–Kier alpha value is -5.22. The van der Waals surface area contributed by atoms with E-state index >= 15 is 0 Å². The molecule has 39 heavy (non-hydrogen) atoms. The van der Waals surface area contributed by atoms with Gasteiger partial charge in [-0.1, -0.05) is 42.5 Å². The van der Waals surface area contributed by atoms with E-state index in [1.54, 1.807) is 43.5 Å². The van der Waals surface area contributed by atoms with E-state index in [2.05, 4.69) is 5.27 Å². The van der Waals surface area contributed by atoms with E-state index in [4.69, 9.17) is 25.7 Å². The van der Waals surface area contributed by atoms with Crippen LogP contribution in [-0.2, 0) is 0 Å². The Labute approximate surface area is 226 Å².